The van der Waals surface area contributed by atoms with Crippen LogP contribution in [-0.2, 0) is 6.61 Å². The van der Waals surface area contributed by atoms with E-state index in [-0.39, 0.29) is 0 Å². The predicted molar refractivity (Wildman–Crippen MR) is 81.9 cm³/mol. The average molecular weight is 285 g/mol. The number of pyridine rings is 1. The van der Waals surface area contributed by atoms with Gasteiger partial charge in [0.2, 0.25) is 0 Å². The summed E-state index contributed by atoms with van der Waals surface area (Å²) >= 11 is 6.12. The highest BCUT2D eigenvalue weighted by Gasteiger charge is 2.07. The molecule has 0 aliphatic carbocycles. The summed E-state index contributed by atoms with van der Waals surface area (Å²) in [6.07, 6.45) is 1.72. The Hall–Kier alpha value is -2.26. The third-order valence-electron chi connectivity index (χ3n) is 3.10. The molecule has 3 aromatic rings. The molecule has 2 N–H and O–H groups in total. The van der Waals surface area contributed by atoms with E-state index in [1.165, 1.54) is 0 Å². The van der Waals surface area contributed by atoms with Crippen molar-refractivity contribution >= 4 is 28.2 Å². The third-order valence-corrected chi connectivity index (χ3v) is 3.47. The van der Waals surface area contributed by atoms with Crippen molar-refractivity contribution in [3.63, 3.8) is 0 Å². The lowest BCUT2D eigenvalue weighted by Crippen LogP contribution is -1.98. The maximum Gasteiger partial charge on any atom is 0.129 e. The van der Waals surface area contributed by atoms with Gasteiger partial charge in [-0.15, -0.1) is 0 Å². The van der Waals surface area contributed by atoms with Gasteiger partial charge >= 0.3 is 0 Å². The molecule has 0 atom stereocenters. The van der Waals surface area contributed by atoms with E-state index in [9.17, 15) is 0 Å². The molecule has 0 unspecified atom stereocenters. The maximum absolute atomic E-state index is 6.12. The monoisotopic (exact) mass is 284 g/mol. The van der Waals surface area contributed by atoms with Crippen molar-refractivity contribution in [2.45, 2.75) is 6.61 Å². The van der Waals surface area contributed by atoms with Crippen molar-refractivity contribution in [3.05, 3.63) is 65.3 Å². The zero-order valence-corrected chi connectivity index (χ0v) is 11.5. The first-order valence-corrected chi connectivity index (χ1v) is 6.63. The van der Waals surface area contributed by atoms with Crippen LogP contribution in [0.15, 0.2) is 54.7 Å². The summed E-state index contributed by atoms with van der Waals surface area (Å²) in [6, 6.07) is 15.1. The Labute approximate surface area is 122 Å². The molecule has 0 amide bonds. The normalized spacial score (nSPS) is 10.7. The molecule has 3 nitrogen and oxygen atoms in total. The lowest BCUT2D eigenvalue weighted by Gasteiger charge is -2.11. The first-order chi connectivity index (χ1) is 9.75. The molecule has 100 valence electrons. The highest BCUT2D eigenvalue weighted by molar-refractivity contribution is 6.31. The number of ether oxygens (including phenoxy) is 1. The second kappa shape index (κ2) is 5.39. The summed E-state index contributed by atoms with van der Waals surface area (Å²) in [7, 11) is 0. The largest absolute Gasteiger partial charge is 0.488 e. The number of halogens is 1. The zero-order chi connectivity index (χ0) is 13.9. The van der Waals surface area contributed by atoms with Gasteiger partial charge in [-0.05, 0) is 30.3 Å². The smallest absolute Gasteiger partial charge is 0.129 e. The topological polar surface area (TPSA) is 48.1 Å². The van der Waals surface area contributed by atoms with E-state index >= 15 is 0 Å². The van der Waals surface area contributed by atoms with Crippen LogP contribution in [0, 0.1) is 0 Å². The Bertz CT molecular complexity index is 758. The number of hydrogen-bond acceptors (Lipinski definition) is 3. The summed E-state index contributed by atoms with van der Waals surface area (Å²) in [5.74, 6) is 0.752. The fourth-order valence-corrected chi connectivity index (χ4v) is 2.26. The van der Waals surface area contributed by atoms with Crippen LogP contribution >= 0.6 is 11.6 Å². The molecule has 3 rings (SSSR count). The van der Waals surface area contributed by atoms with E-state index in [2.05, 4.69) is 4.98 Å². The van der Waals surface area contributed by atoms with E-state index in [4.69, 9.17) is 22.1 Å². The summed E-state index contributed by atoms with van der Waals surface area (Å²) in [5.41, 5.74) is 8.26. The van der Waals surface area contributed by atoms with Crippen molar-refractivity contribution in [1.82, 2.24) is 4.98 Å². The maximum atomic E-state index is 6.12. The molecule has 4 heteroatoms. The number of rotatable bonds is 3. The number of nitrogens with two attached hydrogens (primary N) is 1. The van der Waals surface area contributed by atoms with Crippen LogP contribution in [0.1, 0.15) is 5.56 Å². The second-order valence-corrected chi connectivity index (χ2v) is 4.84. The first kappa shape index (κ1) is 12.8. The third kappa shape index (κ3) is 2.40. The summed E-state index contributed by atoms with van der Waals surface area (Å²) < 4.78 is 5.86. The standard InChI is InChI=1S/C16H13ClN2O/c17-13-6-2-1-4-11(13)10-20-15-8-7-14(18)16-12(15)5-3-9-19-16/h1-9H,10,18H2. The van der Waals surface area contributed by atoms with Gasteiger partial charge in [-0.1, -0.05) is 29.8 Å². The van der Waals surface area contributed by atoms with Crippen LogP contribution in [0.4, 0.5) is 5.69 Å². The van der Waals surface area contributed by atoms with Crippen LogP contribution in [0.5, 0.6) is 5.75 Å². The van der Waals surface area contributed by atoms with Gasteiger partial charge in [0, 0.05) is 22.2 Å². The first-order valence-electron chi connectivity index (χ1n) is 6.25. The van der Waals surface area contributed by atoms with Crippen LogP contribution in [0.3, 0.4) is 0 Å². The van der Waals surface area contributed by atoms with Gasteiger partial charge in [0.1, 0.15) is 12.4 Å². The molecule has 1 aromatic heterocycles. The van der Waals surface area contributed by atoms with E-state index < -0.39 is 0 Å². The Kier molecular flexibility index (Phi) is 3.44. The molecular weight excluding hydrogens is 272 g/mol. The minimum Gasteiger partial charge on any atom is -0.488 e. The lowest BCUT2D eigenvalue weighted by molar-refractivity contribution is 0.310. The van der Waals surface area contributed by atoms with Crippen molar-refractivity contribution in [2.75, 3.05) is 5.73 Å². The fraction of sp³-hybridized carbons (Fsp3) is 0.0625. The summed E-state index contributed by atoms with van der Waals surface area (Å²) in [5, 5.41) is 1.60. The Morgan fingerprint density at radius 1 is 1.05 bits per heavy atom. The molecule has 0 aliphatic rings. The number of nitrogen functional groups attached to an aromatic ring is 1. The number of fused-ring (bicyclic) bond motifs is 1. The van der Waals surface area contributed by atoms with Crippen molar-refractivity contribution in [2.24, 2.45) is 0 Å². The predicted octanol–water partition coefficient (Wildman–Crippen LogP) is 4.05. The molecule has 0 bridgehead atoms. The van der Waals surface area contributed by atoms with E-state index in [0.29, 0.717) is 17.3 Å². The molecule has 1 heterocycles. The highest BCUT2D eigenvalue weighted by Crippen LogP contribution is 2.29. The van der Waals surface area contributed by atoms with E-state index in [1.807, 2.05) is 42.5 Å². The van der Waals surface area contributed by atoms with Crippen molar-refractivity contribution in [1.29, 1.82) is 0 Å². The van der Waals surface area contributed by atoms with Gasteiger partial charge < -0.3 is 10.5 Å². The lowest BCUT2D eigenvalue weighted by atomic mass is 10.1. The van der Waals surface area contributed by atoms with Crippen LogP contribution in [-0.4, -0.2) is 4.98 Å². The Morgan fingerprint density at radius 3 is 2.75 bits per heavy atom. The van der Waals surface area contributed by atoms with Gasteiger partial charge in [0.25, 0.3) is 0 Å². The molecular formula is C16H13ClN2O. The molecule has 0 aliphatic heterocycles. The number of benzene rings is 2. The number of aromatic nitrogens is 1. The minimum atomic E-state index is 0.410. The zero-order valence-electron chi connectivity index (χ0n) is 10.7. The Morgan fingerprint density at radius 2 is 1.90 bits per heavy atom. The van der Waals surface area contributed by atoms with Crippen LogP contribution in [0.25, 0.3) is 10.9 Å². The van der Waals surface area contributed by atoms with Gasteiger partial charge in [-0.25, -0.2) is 0 Å². The quantitative estimate of drug-likeness (QED) is 0.738. The molecule has 0 spiro atoms. The van der Waals surface area contributed by atoms with Crippen molar-refractivity contribution < 1.29 is 4.74 Å². The molecule has 0 saturated heterocycles. The molecule has 0 fully saturated rings. The molecule has 0 radical (unpaired) electrons. The number of nitrogens with zero attached hydrogens (tertiary/aromatic N) is 1. The fourth-order valence-electron chi connectivity index (χ4n) is 2.07. The van der Waals surface area contributed by atoms with E-state index in [0.717, 1.165) is 22.2 Å². The second-order valence-electron chi connectivity index (χ2n) is 4.43. The number of hydrogen-bond donors (Lipinski definition) is 1. The highest BCUT2D eigenvalue weighted by atomic mass is 35.5. The Balaban J connectivity index is 1.92. The van der Waals surface area contributed by atoms with Gasteiger partial charge in [0.05, 0.1) is 11.2 Å². The van der Waals surface area contributed by atoms with Gasteiger partial charge in [-0.2, -0.15) is 0 Å². The van der Waals surface area contributed by atoms with Crippen LogP contribution < -0.4 is 10.5 Å². The van der Waals surface area contributed by atoms with Crippen LogP contribution in [0.2, 0.25) is 5.02 Å². The van der Waals surface area contributed by atoms with Crippen molar-refractivity contribution in [3.8, 4) is 5.75 Å². The number of anilines is 1. The summed E-state index contributed by atoms with van der Waals surface area (Å²) in [6.45, 7) is 0.410. The molecule has 20 heavy (non-hydrogen) atoms. The van der Waals surface area contributed by atoms with Gasteiger partial charge in [0.15, 0.2) is 0 Å². The molecule has 2 aromatic carbocycles. The van der Waals surface area contributed by atoms with E-state index in [1.54, 1.807) is 12.3 Å². The molecule has 0 saturated carbocycles. The SMILES string of the molecule is Nc1ccc(OCc2ccccc2Cl)c2cccnc12. The summed E-state index contributed by atoms with van der Waals surface area (Å²) in [4.78, 5) is 4.28. The average Bonchev–Trinajstić information content (AvgIpc) is 2.48. The minimum absolute atomic E-state index is 0.410. The van der Waals surface area contributed by atoms with Gasteiger partial charge in [-0.3, -0.25) is 4.98 Å².